The van der Waals surface area contributed by atoms with Crippen LogP contribution >= 0.6 is 0 Å². The second-order valence-electron chi connectivity index (χ2n) is 6.82. The van der Waals surface area contributed by atoms with E-state index in [1.165, 1.54) is 12.0 Å². The van der Waals surface area contributed by atoms with Gasteiger partial charge in [0.15, 0.2) is 0 Å². The summed E-state index contributed by atoms with van der Waals surface area (Å²) in [5.74, 6) is 1.04. The average molecular weight is 337 g/mol. The lowest BCUT2D eigenvalue weighted by Gasteiger charge is -2.27. The van der Waals surface area contributed by atoms with Gasteiger partial charge in [0.1, 0.15) is 12.4 Å². The second kappa shape index (κ2) is 7.23. The lowest BCUT2D eigenvalue weighted by atomic mass is 10.1. The molecule has 2 aliphatic heterocycles. The van der Waals surface area contributed by atoms with Crippen molar-refractivity contribution in [3.8, 4) is 5.75 Å². The molecule has 1 aromatic heterocycles. The minimum Gasteiger partial charge on any atom is -0.487 e. The normalized spacial score (nSPS) is 23.1. The van der Waals surface area contributed by atoms with Gasteiger partial charge < -0.3 is 10.1 Å². The average Bonchev–Trinajstić information content (AvgIpc) is 2.93. The van der Waals surface area contributed by atoms with Gasteiger partial charge in [0.2, 0.25) is 5.91 Å². The monoisotopic (exact) mass is 337 g/mol. The van der Waals surface area contributed by atoms with Crippen LogP contribution in [0.5, 0.6) is 5.75 Å². The van der Waals surface area contributed by atoms with E-state index in [2.05, 4.69) is 27.3 Å². The number of nitrogens with zero attached hydrogens (tertiary/aromatic N) is 2. The Kier molecular flexibility index (Phi) is 4.65. The number of pyridine rings is 1. The first-order valence-electron chi connectivity index (χ1n) is 8.92. The number of fused-ring (bicyclic) bond motifs is 2. The zero-order chi connectivity index (χ0) is 17.1. The Morgan fingerprint density at radius 2 is 1.96 bits per heavy atom. The maximum Gasteiger partial charge on any atom is 0.221 e. The van der Waals surface area contributed by atoms with Crippen LogP contribution in [0.25, 0.3) is 0 Å². The Labute approximate surface area is 148 Å². The fourth-order valence-corrected chi connectivity index (χ4v) is 3.77. The minimum atomic E-state index is 0.190. The van der Waals surface area contributed by atoms with Gasteiger partial charge >= 0.3 is 0 Å². The quantitative estimate of drug-likeness (QED) is 0.911. The molecule has 3 heterocycles. The van der Waals surface area contributed by atoms with Crippen molar-refractivity contribution in [2.45, 2.75) is 44.5 Å². The third-order valence-electron chi connectivity index (χ3n) is 5.13. The van der Waals surface area contributed by atoms with E-state index in [4.69, 9.17) is 4.74 Å². The van der Waals surface area contributed by atoms with Gasteiger partial charge in [0.25, 0.3) is 0 Å². The number of carbonyl (C=O) groups excluding carboxylic acids is 1. The minimum absolute atomic E-state index is 0.190. The van der Waals surface area contributed by atoms with Gasteiger partial charge in [-0.2, -0.15) is 0 Å². The molecule has 2 atom stereocenters. The van der Waals surface area contributed by atoms with Crippen molar-refractivity contribution in [3.05, 3.63) is 59.9 Å². The molecule has 1 aromatic carbocycles. The highest BCUT2D eigenvalue weighted by Crippen LogP contribution is 2.30. The first kappa shape index (κ1) is 16.1. The summed E-state index contributed by atoms with van der Waals surface area (Å²) in [5.41, 5.74) is 2.18. The number of hydrogen-bond donors (Lipinski definition) is 1. The van der Waals surface area contributed by atoms with Crippen LogP contribution in [0.2, 0.25) is 0 Å². The van der Waals surface area contributed by atoms with Crippen molar-refractivity contribution >= 4 is 5.91 Å². The van der Waals surface area contributed by atoms with Crippen LogP contribution in [-0.2, 0) is 17.9 Å². The lowest BCUT2D eigenvalue weighted by molar-refractivity contribution is -0.121. The standard InChI is InChI=1S/C20H23N3O2/c24-20-11-17-6-7-18(12-22-20)23(17)13-15-4-8-19(9-5-15)25-14-16-3-1-2-10-21-16/h1-5,8-10,17-18H,6-7,11-14H2,(H,22,24)/t17-,18+/m0/s1. The van der Waals surface area contributed by atoms with E-state index < -0.39 is 0 Å². The zero-order valence-electron chi connectivity index (χ0n) is 14.2. The maximum absolute atomic E-state index is 11.7. The van der Waals surface area contributed by atoms with Gasteiger partial charge in [-0.25, -0.2) is 0 Å². The van der Waals surface area contributed by atoms with E-state index in [-0.39, 0.29) is 5.91 Å². The molecule has 2 bridgehead atoms. The van der Waals surface area contributed by atoms with Crippen LogP contribution in [0.3, 0.4) is 0 Å². The molecule has 5 heteroatoms. The van der Waals surface area contributed by atoms with Crippen LogP contribution in [0.1, 0.15) is 30.5 Å². The van der Waals surface area contributed by atoms with Crippen LogP contribution < -0.4 is 10.1 Å². The largest absolute Gasteiger partial charge is 0.487 e. The highest BCUT2D eigenvalue weighted by Gasteiger charge is 2.37. The van der Waals surface area contributed by atoms with Gasteiger partial charge in [-0.3, -0.25) is 14.7 Å². The van der Waals surface area contributed by atoms with Gasteiger partial charge in [0.05, 0.1) is 5.69 Å². The zero-order valence-corrected chi connectivity index (χ0v) is 14.2. The third kappa shape index (κ3) is 3.82. The molecule has 25 heavy (non-hydrogen) atoms. The van der Waals surface area contributed by atoms with Crippen molar-refractivity contribution in [2.75, 3.05) is 6.54 Å². The molecule has 2 aliphatic rings. The highest BCUT2D eigenvalue weighted by molar-refractivity contribution is 5.77. The number of nitrogens with one attached hydrogen (secondary N) is 1. The number of rotatable bonds is 5. The van der Waals surface area contributed by atoms with Crippen molar-refractivity contribution in [3.63, 3.8) is 0 Å². The summed E-state index contributed by atoms with van der Waals surface area (Å²) in [6, 6.07) is 14.9. The topological polar surface area (TPSA) is 54.5 Å². The Balaban J connectivity index is 1.36. The SMILES string of the molecule is O=C1C[C@@H]2CC[C@H](CN1)N2Cc1ccc(OCc2ccccn2)cc1. The molecule has 2 saturated heterocycles. The van der Waals surface area contributed by atoms with E-state index in [1.807, 2.05) is 30.3 Å². The van der Waals surface area contributed by atoms with Crippen LogP contribution in [0, 0.1) is 0 Å². The van der Waals surface area contributed by atoms with Gasteiger partial charge in [-0.05, 0) is 42.7 Å². The molecule has 2 fully saturated rings. The van der Waals surface area contributed by atoms with Crippen LogP contribution in [0.15, 0.2) is 48.7 Å². The predicted molar refractivity (Wildman–Crippen MR) is 95.0 cm³/mol. The number of benzene rings is 1. The number of carbonyl (C=O) groups is 1. The Hall–Kier alpha value is -2.40. The van der Waals surface area contributed by atoms with Gasteiger partial charge in [0, 0.05) is 37.8 Å². The molecule has 2 aromatic rings. The van der Waals surface area contributed by atoms with Crippen molar-refractivity contribution in [2.24, 2.45) is 0 Å². The lowest BCUT2D eigenvalue weighted by Crippen LogP contribution is -2.37. The Morgan fingerprint density at radius 1 is 1.12 bits per heavy atom. The predicted octanol–water partition coefficient (Wildman–Crippen LogP) is 2.51. The fourth-order valence-electron chi connectivity index (χ4n) is 3.77. The van der Waals surface area contributed by atoms with E-state index in [0.717, 1.165) is 31.0 Å². The van der Waals surface area contributed by atoms with Crippen LogP contribution in [-0.4, -0.2) is 34.4 Å². The number of amides is 1. The van der Waals surface area contributed by atoms with Gasteiger partial charge in [-0.1, -0.05) is 18.2 Å². The number of hydrogen-bond acceptors (Lipinski definition) is 4. The summed E-state index contributed by atoms with van der Waals surface area (Å²) >= 11 is 0. The summed E-state index contributed by atoms with van der Waals surface area (Å²) < 4.78 is 5.79. The summed E-state index contributed by atoms with van der Waals surface area (Å²) in [6.45, 7) is 2.15. The van der Waals surface area contributed by atoms with Gasteiger partial charge in [-0.15, -0.1) is 0 Å². The molecule has 0 spiro atoms. The Bertz CT molecular complexity index is 717. The first-order chi connectivity index (χ1) is 12.3. The van der Waals surface area contributed by atoms with E-state index in [1.54, 1.807) is 6.20 Å². The van der Waals surface area contributed by atoms with Crippen molar-refractivity contribution < 1.29 is 9.53 Å². The highest BCUT2D eigenvalue weighted by atomic mass is 16.5. The smallest absolute Gasteiger partial charge is 0.221 e. The summed E-state index contributed by atoms with van der Waals surface area (Å²) in [7, 11) is 0. The van der Waals surface area contributed by atoms with E-state index in [9.17, 15) is 4.79 Å². The summed E-state index contributed by atoms with van der Waals surface area (Å²) in [5, 5.41) is 3.03. The Morgan fingerprint density at radius 3 is 2.76 bits per heavy atom. The molecule has 5 nitrogen and oxygen atoms in total. The molecule has 0 unspecified atom stereocenters. The molecule has 1 N–H and O–H groups in total. The van der Waals surface area contributed by atoms with E-state index >= 15 is 0 Å². The fraction of sp³-hybridized carbons (Fsp3) is 0.400. The first-order valence-corrected chi connectivity index (χ1v) is 8.92. The van der Waals surface area contributed by atoms with Crippen molar-refractivity contribution in [1.82, 2.24) is 15.2 Å². The molecule has 1 amide bonds. The summed E-state index contributed by atoms with van der Waals surface area (Å²) in [4.78, 5) is 18.5. The molecule has 0 radical (unpaired) electrons. The van der Waals surface area contributed by atoms with Crippen LogP contribution in [0.4, 0.5) is 0 Å². The number of ether oxygens (including phenoxy) is 1. The molecule has 0 saturated carbocycles. The van der Waals surface area contributed by atoms with E-state index in [0.29, 0.717) is 25.1 Å². The molecule has 4 rings (SSSR count). The molecule has 130 valence electrons. The maximum atomic E-state index is 11.7. The molecular formula is C20H23N3O2. The third-order valence-corrected chi connectivity index (χ3v) is 5.13. The summed E-state index contributed by atoms with van der Waals surface area (Å²) in [6.07, 6.45) is 4.71. The molecule has 0 aliphatic carbocycles. The second-order valence-corrected chi connectivity index (χ2v) is 6.82. The van der Waals surface area contributed by atoms with Crippen molar-refractivity contribution in [1.29, 1.82) is 0 Å². The number of aromatic nitrogens is 1. The molecular weight excluding hydrogens is 314 g/mol.